The van der Waals surface area contributed by atoms with E-state index >= 15 is 0 Å². The highest BCUT2D eigenvalue weighted by Gasteiger charge is 2.24. The van der Waals surface area contributed by atoms with E-state index in [1.165, 1.54) is 0 Å². The molecule has 0 saturated heterocycles. The number of aryl methyl sites for hydroxylation is 2. The molecular formula is C13H18O3. The van der Waals surface area contributed by atoms with Gasteiger partial charge < -0.3 is 9.84 Å². The number of carboxylic acids is 1. The fraction of sp³-hybridized carbons (Fsp3) is 0.462. The van der Waals surface area contributed by atoms with Crippen LogP contribution in [0.25, 0.3) is 0 Å². The summed E-state index contributed by atoms with van der Waals surface area (Å²) < 4.78 is 5.60. The van der Waals surface area contributed by atoms with Crippen molar-refractivity contribution >= 4 is 5.97 Å². The Balaban J connectivity index is 2.98. The van der Waals surface area contributed by atoms with E-state index in [-0.39, 0.29) is 5.92 Å². The van der Waals surface area contributed by atoms with Gasteiger partial charge in [0.2, 0.25) is 0 Å². The quantitative estimate of drug-likeness (QED) is 0.852. The highest BCUT2D eigenvalue weighted by molar-refractivity contribution is 5.73. The van der Waals surface area contributed by atoms with Crippen LogP contribution in [0.4, 0.5) is 0 Å². The van der Waals surface area contributed by atoms with E-state index in [9.17, 15) is 4.79 Å². The van der Waals surface area contributed by atoms with Gasteiger partial charge in [0.25, 0.3) is 0 Å². The number of hydrogen-bond donors (Lipinski definition) is 1. The fourth-order valence-electron chi connectivity index (χ4n) is 1.58. The largest absolute Gasteiger partial charge is 0.478 e. The van der Waals surface area contributed by atoms with Crippen molar-refractivity contribution in [3.05, 3.63) is 29.3 Å². The highest BCUT2D eigenvalue weighted by Crippen LogP contribution is 2.25. The maximum absolute atomic E-state index is 11.0. The Kier molecular flexibility index (Phi) is 3.93. The van der Waals surface area contributed by atoms with Gasteiger partial charge in [-0.1, -0.05) is 32.0 Å². The van der Waals surface area contributed by atoms with Crippen LogP contribution in [0.3, 0.4) is 0 Å². The van der Waals surface area contributed by atoms with Gasteiger partial charge in [-0.3, -0.25) is 0 Å². The maximum Gasteiger partial charge on any atom is 0.345 e. The fourth-order valence-corrected chi connectivity index (χ4v) is 1.58. The Bertz CT molecular complexity index is 363. The first-order valence-corrected chi connectivity index (χ1v) is 5.39. The molecule has 0 bridgehead atoms. The highest BCUT2D eigenvalue weighted by atomic mass is 16.5. The molecule has 0 aliphatic heterocycles. The molecule has 0 spiro atoms. The van der Waals surface area contributed by atoms with Crippen LogP contribution < -0.4 is 4.74 Å². The SMILES string of the molecule is Cc1cccc(C)c1OC(C(=O)O)C(C)C. The number of hydrogen-bond acceptors (Lipinski definition) is 2. The average Bonchev–Trinajstić information content (AvgIpc) is 2.15. The zero-order chi connectivity index (χ0) is 12.3. The zero-order valence-electron chi connectivity index (χ0n) is 10.2. The van der Waals surface area contributed by atoms with E-state index in [1.54, 1.807) is 0 Å². The van der Waals surface area contributed by atoms with Crippen LogP contribution in [-0.4, -0.2) is 17.2 Å². The Labute approximate surface area is 96.1 Å². The molecule has 0 heterocycles. The zero-order valence-corrected chi connectivity index (χ0v) is 10.2. The minimum Gasteiger partial charge on any atom is -0.478 e. The van der Waals surface area contributed by atoms with Gasteiger partial charge in [-0.2, -0.15) is 0 Å². The van der Waals surface area contributed by atoms with Crippen molar-refractivity contribution < 1.29 is 14.6 Å². The first-order valence-electron chi connectivity index (χ1n) is 5.39. The van der Waals surface area contributed by atoms with Crippen LogP contribution in [0.2, 0.25) is 0 Å². The molecular weight excluding hydrogens is 204 g/mol. The molecule has 1 unspecified atom stereocenters. The maximum atomic E-state index is 11.0. The molecule has 1 aromatic rings. The molecule has 0 aliphatic carbocycles. The standard InChI is InChI=1S/C13H18O3/c1-8(2)11(13(14)15)16-12-9(3)6-5-7-10(12)4/h5-8,11H,1-4H3,(H,14,15). The number of benzene rings is 1. The topological polar surface area (TPSA) is 46.5 Å². The molecule has 0 radical (unpaired) electrons. The summed E-state index contributed by atoms with van der Waals surface area (Å²) in [6.07, 6.45) is -0.792. The molecule has 3 nitrogen and oxygen atoms in total. The molecule has 0 aliphatic rings. The van der Waals surface area contributed by atoms with Gasteiger partial charge in [0, 0.05) is 5.92 Å². The van der Waals surface area contributed by atoms with Gasteiger partial charge in [-0.05, 0) is 25.0 Å². The van der Waals surface area contributed by atoms with Gasteiger partial charge in [-0.25, -0.2) is 4.79 Å². The number of carboxylic acid groups (broad SMARTS) is 1. The Morgan fingerprint density at radius 3 is 2.12 bits per heavy atom. The number of carbonyl (C=O) groups is 1. The minimum absolute atomic E-state index is 0.0588. The lowest BCUT2D eigenvalue weighted by Crippen LogP contribution is -2.32. The van der Waals surface area contributed by atoms with E-state index in [1.807, 2.05) is 45.9 Å². The first-order chi connectivity index (χ1) is 7.43. The summed E-state index contributed by atoms with van der Waals surface area (Å²) in [7, 11) is 0. The number of aliphatic carboxylic acids is 1. The molecule has 0 amide bonds. The first kappa shape index (κ1) is 12.6. The second-order valence-corrected chi connectivity index (χ2v) is 4.34. The normalized spacial score (nSPS) is 12.6. The molecule has 0 aromatic heterocycles. The van der Waals surface area contributed by atoms with Crippen LogP contribution in [0, 0.1) is 19.8 Å². The van der Waals surface area contributed by atoms with Crippen LogP contribution in [0.1, 0.15) is 25.0 Å². The molecule has 16 heavy (non-hydrogen) atoms. The van der Waals surface area contributed by atoms with Crippen molar-refractivity contribution in [3.8, 4) is 5.75 Å². The predicted molar refractivity (Wildman–Crippen MR) is 62.8 cm³/mol. The Hall–Kier alpha value is -1.51. The third-order valence-electron chi connectivity index (χ3n) is 2.50. The lowest BCUT2D eigenvalue weighted by Gasteiger charge is -2.21. The average molecular weight is 222 g/mol. The smallest absolute Gasteiger partial charge is 0.345 e. The molecule has 3 heteroatoms. The van der Waals surface area contributed by atoms with Gasteiger partial charge in [0.15, 0.2) is 6.10 Å². The van der Waals surface area contributed by atoms with Gasteiger partial charge in [-0.15, -0.1) is 0 Å². The van der Waals surface area contributed by atoms with Crippen molar-refractivity contribution in [1.29, 1.82) is 0 Å². The lowest BCUT2D eigenvalue weighted by molar-refractivity contribution is -0.147. The van der Waals surface area contributed by atoms with Gasteiger partial charge in [0.05, 0.1) is 0 Å². The van der Waals surface area contributed by atoms with Crippen molar-refractivity contribution in [3.63, 3.8) is 0 Å². The summed E-state index contributed by atoms with van der Waals surface area (Å²) in [4.78, 5) is 11.0. The second-order valence-electron chi connectivity index (χ2n) is 4.34. The van der Waals surface area contributed by atoms with Crippen LogP contribution in [0.5, 0.6) is 5.75 Å². The molecule has 0 saturated carbocycles. The molecule has 1 N–H and O–H groups in total. The van der Waals surface area contributed by atoms with Gasteiger partial charge in [0.1, 0.15) is 5.75 Å². The third-order valence-corrected chi connectivity index (χ3v) is 2.50. The Morgan fingerprint density at radius 2 is 1.75 bits per heavy atom. The van der Waals surface area contributed by atoms with E-state index in [0.29, 0.717) is 5.75 Å². The molecule has 1 atom stereocenters. The molecule has 1 aromatic carbocycles. The number of para-hydroxylation sites is 1. The van der Waals surface area contributed by atoms with Crippen molar-refractivity contribution in [2.75, 3.05) is 0 Å². The van der Waals surface area contributed by atoms with E-state index in [2.05, 4.69) is 0 Å². The van der Waals surface area contributed by atoms with E-state index in [0.717, 1.165) is 11.1 Å². The number of rotatable bonds is 4. The monoisotopic (exact) mass is 222 g/mol. The molecule has 0 fully saturated rings. The van der Waals surface area contributed by atoms with Gasteiger partial charge >= 0.3 is 5.97 Å². The van der Waals surface area contributed by atoms with Crippen LogP contribution >= 0.6 is 0 Å². The molecule has 88 valence electrons. The summed E-state index contributed by atoms with van der Waals surface area (Å²) >= 11 is 0. The van der Waals surface area contributed by atoms with Crippen molar-refractivity contribution in [2.24, 2.45) is 5.92 Å². The summed E-state index contributed by atoms with van der Waals surface area (Å²) in [6.45, 7) is 7.52. The van der Waals surface area contributed by atoms with E-state index < -0.39 is 12.1 Å². The predicted octanol–water partition coefficient (Wildman–Crippen LogP) is 2.79. The number of ether oxygens (including phenoxy) is 1. The summed E-state index contributed by atoms with van der Waals surface area (Å²) in [5.74, 6) is -0.294. The third kappa shape index (κ3) is 2.75. The summed E-state index contributed by atoms with van der Waals surface area (Å²) in [6, 6.07) is 5.77. The van der Waals surface area contributed by atoms with E-state index in [4.69, 9.17) is 9.84 Å². The lowest BCUT2D eigenvalue weighted by atomic mass is 10.1. The Morgan fingerprint density at radius 1 is 1.25 bits per heavy atom. The minimum atomic E-state index is -0.919. The second kappa shape index (κ2) is 5.01. The van der Waals surface area contributed by atoms with Crippen LogP contribution in [-0.2, 0) is 4.79 Å². The summed E-state index contributed by atoms with van der Waals surface area (Å²) in [5.41, 5.74) is 1.93. The van der Waals surface area contributed by atoms with Crippen molar-refractivity contribution in [1.82, 2.24) is 0 Å². The summed E-state index contributed by atoms with van der Waals surface area (Å²) in [5, 5.41) is 9.06. The molecule has 1 rings (SSSR count). The van der Waals surface area contributed by atoms with Crippen LogP contribution in [0.15, 0.2) is 18.2 Å². The van der Waals surface area contributed by atoms with Crippen molar-refractivity contribution in [2.45, 2.75) is 33.8 Å².